The van der Waals surface area contributed by atoms with Crippen molar-refractivity contribution in [2.45, 2.75) is 16.1 Å². The maximum atomic E-state index is 9.02. The molecule has 0 aromatic carbocycles. The molecule has 2 rings (SSSR count). The lowest BCUT2D eigenvalue weighted by molar-refractivity contribution is 0.437. The molecule has 0 aromatic rings. The molecule has 0 saturated carbocycles. The van der Waals surface area contributed by atoms with E-state index in [9.17, 15) is 0 Å². The Morgan fingerprint density at radius 3 is 1.73 bits per heavy atom. The van der Waals surface area contributed by atoms with Crippen LogP contribution in [0.4, 0.5) is 0 Å². The van der Waals surface area contributed by atoms with Gasteiger partial charge in [0.15, 0.2) is 0 Å². The smallest absolute Gasteiger partial charge is 0.0947 e. The molecule has 0 spiro atoms. The van der Waals surface area contributed by atoms with Gasteiger partial charge in [-0.3, -0.25) is 0 Å². The van der Waals surface area contributed by atoms with Crippen molar-refractivity contribution in [3.63, 3.8) is 0 Å². The number of halogens is 2. The van der Waals surface area contributed by atoms with E-state index in [2.05, 4.69) is 44.0 Å². The van der Waals surface area contributed by atoms with Crippen molar-refractivity contribution in [2.24, 2.45) is 11.8 Å². The minimum atomic E-state index is 0.120. The van der Waals surface area contributed by atoms with Gasteiger partial charge in [0.25, 0.3) is 0 Å². The molecular weight excluding hydrogens is 320 g/mol. The number of alkyl halides is 2. The Hall–Kier alpha value is -0.580. The van der Waals surface area contributed by atoms with Crippen molar-refractivity contribution >= 4 is 31.9 Å². The Morgan fingerprint density at radius 1 is 1.00 bits per heavy atom. The second-order valence-corrected chi connectivity index (χ2v) is 5.92. The molecule has 2 aliphatic rings. The van der Waals surface area contributed by atoms with Gasteiger partial charge in [-0.05, 0) is 6.42 Å². The van der Waals surface area contributed by atoms with Crippen LogP contribution in [0.1, 0.15) is 6.42 Å². The van der Waals surface area contributed by atoms with Gasteiger partial charge in [-0.1, -0.05) is 44.0 Å². The Morgan fingerprint density at radius 2 is 1.40 bits per heavy atom. The van der Waals surface area contributed by atoms with Crippen LogP contribution in [0.25, 0.3) is 0 Å². The fourth-order valence-corrected chi connectivity index (χ4v) is 3.76. The van der Waals surface area contributed by atoms with E-state index in [1.807, 2.05) is 12.2 Å². The van der Waals surface area contributed by atoms with Gasteiger partial charge in [0.05, 0.1) is 12.1 Å². The van der Waals surface area contributed by atoms with Crippen LogP contribution in [0.15, 0.2) is 23.3 Å². The largest absolute Gasteiger partial charge is 0.193 e. The highest BCUT2D eigenvalue weighted by Crippen LogP contribution is 2.44. The summed E-state index contributed by atoms with van der Waals surface area (Å²) in [6.07, 6.45) is 4.76. The molecule has 2 nitrogen and oxygen atoms in total. The van der Waals surface area contributed by atoms with E-state index in [1.165, 1.54) is 0 Å². The lowest BCUT2D eigenvalue weighted by Gasteiger charge is -2.36. The lowest BCUT2D eigenvalue weighted by Crippen LogP contribution is -2.33. The molecule has 4 heteroatoms. The Balaban J connectivity index is 2.42. The molecule has 2 bridgehead atoms. The first kappa shape index (κ1) is 10.9. The zero-order valence-electron chi connectivity index (χ0n) is 7.82. The summed E-state index contributed by atoms with van der Waals surface area (Å²) in [6.45, 7) is 0. The van der Waals surface area contributed by atoms with E-state index in [0.717, 1.165) is 17.6 Å². The highest BCUT2D eigenvalue weighted by molar-refractivity contribution is 9.10. The van der Waals surface area contributed by atoms with Crippen LogP contribution < -0.4 is 0 Å². The standard InChI is InChI=1S/C11H8Br2N2/c12-10-1-6(4-14)8-3-9(10)7(5-15)2-11(8)13/h1-2,8-11H,3H2/t8-,9-,10+,11+/m0/s1. The minimum absolute atomic E-state index is 0.120. The first-order valence-electron chi connectivity index (χ1n) is 4.69. The predicted octanol–water partition coefficient (Wildman–Crippen LogP) is 3.06. The first-order valence-corrected chi connectivity index (χ1v) is 6.52. The highest BCUT2D eigenvalue weighted by Gasteiger charge is 2.38. The molecule has 2 aliphatic carbocycles. The Kier molecular flexibility index (Phi) is 3.00. The fraction of sp³-hybridized carbons (Fsp3) is 0.455. The third-order valence-electron chi connectivity index (χ3n) is 3.01. The van der Waals surface area contributed by atoms with Crippen molar-refractivity contribution < 1.29 is 0 Å². The quantitative estimate of drug-likeness (QED) is 0.642. The average molecular weight is 328 g/mol. The van der Waals surface area contributed by atoms with Crippen LogP contribution in [-0.4, -0.2) is 9.65 Å². The zero-order chi connectivity index (χ0) is 11.0. The van der Waals surface area contributed by atoms with Crippen molar-refractivity contribution in [2.75, 3.05) is 0 Å². The summed E-state index contributed by atoms with van der Waals surface area (Å²) in [5, 5.41) is 18.0. The molecule has 0 radical (unpaired) electrons. The van der Waals surface area contributed by atoms with Gasteiger partial charge in [-0.15, -0.1) is 0 Å². The van der Waals surface area contributed by atoms with Gasteiger partial charge in [0, 0.05) is 32.6 Å². The van der Waals surface area contributed by atoms with Crippen LogP contribution in [0.5, 0.6) is 0 Å². The second-order valence-electron chi connectivity index (χ2n) is 3.81. The number of fused-ring (bicyclic) bond motifs is 2. The molecule has 0 aliphatic heterocycles. The topological polar surface area (TPSA) is 47.6 Å². The second kappa shape index (κ2) is 4.12. The molecule has 0 heterocycles. The van der Waals surface area contributed by atoms with Gasteiger partial charge in [0.2, 0.25) is 0 Å². The summed E-state index contributed by atoms with van der Waals surface area (Å²) in [6, 6.07) is 4.48. The van der Waals surface area contributed by atoms with Crippen LogP contribution in [0, 0.1) is 34.5 Å². The van der Waals surface area contributed by atoms with Crippen molar-refractivity contribution in [3.05, 3.63) is 23.3 Å². The van der Waals surface area contributed by atoms with Gasteiger partial charge in [-0.2, -0.15) is 10.5 Å². The van der Waals surface area contributed by atoms with Crippen molar-refractivity contribution in [3.8, 4) is 12.1 Å². The number of hydrogen-bond donors (Lipinski definition) is 0. The summed E-state index contributed by atoms with van der Waals surface area (Å²) in [5.74, 6) is 0.455. The van der Waals surface area contributed by atoms with E-state index < -0.39 is 0 Å². The summed E-state index contributed by atoms with van der Waals surface area (Å²) in [5.41, 5.74) is 1.64. The molecule has 76 valence electrons. The number of hydrogen-bond acceptors (Lipinski definition) is 2. The van der Waals surface area contributed by atoms with Crippen LogP contribution in [0.3, 0.4) is 0 Å². The lowest BCUT2D eigenvalue weighted by atomic mass is 9.72. The monoisotopic (exact) mass is 326 g/mol. The Labute approximate surface area is 106 Å². The van der Waals surface area contributed by atoms with Crippen LogP contribution >= 0.6 is 31.9 Å². The molecular formula is C11H8Br2N2. The number of nitriles is 2. The van der Waals surface area contributed by atoms with Gasteiger partial charge in [0.1, 0.15) is 0 Å². The molecule has 0 amide bonds. The highest BCUT2D eigenvalue weighted by atomic mass is 79.9. The summed E-state index contributed by atoms with van der Waals surface area (Å²) in [7, 11) is 0. The number of nitrogens with zero attached hydrogens (tertiary/aromatic N) is 2. The van der Waals surface area contributed by atoms with Crippen LogP contribution in [0.2, 0.25) is 0 Å². The van der Waals surface area contributed by atoms with E-state index in [4.69, 9.17) is 10.5 Å². The third kappa shape index (κ3) is 1.77. The van der Waals surface area contributed by atoms with Crippen molar-refractivity contribution in [1.82, 2.24) is 0 Å². The summed E-state index contributed by atoms with van der Waals surface area (Å²) < 4.78 is 0. The third-order valence-corrected chi connectivity index (χ3v) is 4.82. The maximum Gasteiger partial charge on any atom is 0.0947 e. The first-order chi connectivity index (χ1) is 7.17. The minimum Gasteiger partial charge on any atom is -0.193 e. The Bertz CT molecular complexity index is 385. The summed E-state index contributed by atoms with van der Waals surface area (Å²) >= 11 is 7.05. The molecule has 0 N–H and O–H groups in total. The van der Waals surface area contributed by atoms with E-state index in [-0.39, 0.29) is 21.5 Å². The normalized spacial score (nSPS) is 38.4. The van der Waals surface area contributed by atoms with Crippen LogP contribution in [-0.2, 0) is 0 Å². The number of allylic oxidation sites excluding steroid dienone is 4. The van der Waals surface area contributed by atoms with Gasteiger partial charge in [-0.25, -0.2) is 0 Å². The SMILES string of the molecule is N#CC1=C[C@@H](Br)[C@H]2C[C@@H]1[C@H](Br)C=C2C#N. The predicted molar refractivity (Wildman–Crippen MR) is 64.4 cm³/mol. The van der Waals surface area contributed by atoms with Gasteiger partial charge >= 0.3 is 0 Å². The van der Waals surface area contributed by atoms with E-state index in [0.29, 0.717) is 0 Å². The van der Waals surface area contributed by atoms with Crippen molar-refractivity contribution in [1.29, 1.82) is 10.5 Å². The zero-order valence-corrected chi connectivity index (χ0v) is 11.0. The van der Waals surface area contributed by atoms with E-state index in [1.54, 1.807) is 0 Å². The molecule has 0 aromatic heterocycles. The molecule has 0 unspecified atom stereocenters. The maximum absolute atomic E-state index is 9.02. The molecule has 4 atom stereocenters. The molecule has 15 heavy (non-hydrogen) atoms. The van der Waals surface area contributed by atoms with E-state index >= 15 is 0 Å². The summed E-state index contributed by atoms with van der Waals surface area (Å²) in [4.78, 5) is 0.239. The average Bonchev–Trinajstić information content (AvgIpc) is 2.25. The number of rotatable bonds is 0. The molecule has 0 saturated heterocycles. The van der Waals surface area contributed by atoms with Gasteiger partial charge < -0.3 is 0 Å². The molecule has 0 fully saturated rings. The fourth-order valence-electron chi connectivity index (χ4n) is 2.19.